The Kier molecular flexibility index (Phi) is 3.84. The molecule has 1 aliphatic heterocycles. The van der Waals surface area contributed by atoms with E-state index in [2.05, 4.69) is 35.5 Å². The monoisotopic (exact) mass is 236 g/mol. The molecule has 17 heavy (non-hydrogen) atoms. The van der Waals surface area contributed by atoms with Crippen molar-refractivity contribution in [3.63, 3.8) is 0 Å². The predicted molar refractivity (Wildman–Crippen MR) is 69.8 cm³/mol. The molecule has 0 spiro atoms. The standard InChI is InChI=1S/C13H24N4/c1-13(6-4-5-7-14-13)11-16(2)9-12-8-15-17(3)10-12/h8,10,14H,4-7,9,11H2,1-3H3. The SMILES string of the molecule is CN(Cc1cnn(C)c1)CC1(C)CCCCN1. The molecule has 1 atom stereocenters. The van der Waals surface area contributed by atoms with Gasteiger partial charge in [0.1, 0.15) is 0 Å². The number of likely N-dealkylation sites (N-methyl/N-ethyl adjacent to an activating group) is 1. The predicted octanol–water partition coefficient (Wildman–Crippen LogP) is 1.38. The Morgan fingerprint density at radius 1 is 1.53 bits per heavy atom. The smallest absolute Gasteiger partial charge is 0.0534 e. The molecule has 4 heteroatoms. The van der Waals surface area contributed by atoms with Crippen LogP contribution in [-0.4, -0.2) is 40.4 Å². The first-order chi connectivity index (χ1) is 8.07. The van der Waals surface area contributed by atoms with Crippen molar-refractivity contribution in [3.8, 4) is 0 Å². The number of nitrogens with zero attached hydrogens (tertiary/aromatic N) is 3. The molecule has 96 valence electrons. The Bertz CT molecular complexity index is 352. The zero-order valence-electron chi connectivity index (χ0n) is 11.2. The van der Waals surface area contributed by atoms with Gasteiger partial charge in [-0.1, -0.05) is 6.42 Å². The first kappa shape index (κ1) is 12.6. The Balaban J connectivity index is 1.85. The number of aromatic nitrogens is 2. The molecule has 1 aromatic heterocycles. The van der Waals surface area contributed by atoms with Crippen LogP contribution < -0.4 is 5.32 Å². The fraction of sp³-hybridized carbons (Fsp3) is 0.769. The van der Waals surface area contributed by atoms with E-state index in [4.69, 9.17) is 0 Å². The highest BCUT2D eigenvalue weighted by molar-refractivity contribution is 5.03. The topological polar surface area (TPSA) is 33.1 Å². The van der Waals surface area contributed by atoms with Gasteiger partial charge >= 0.3 is 0 Å². The van der Waals surface area contributed by atoms with Crippen molar-refractivity contribution in [3.05, 3.63) is 18.0 Å². The summed E-state index contributed by atoms with van der Waals surface area (Å²) in [4.78, 5) is 2.38. The van der Waals surface area contributed by atoms with Gasteiger partial charge in [0.05, 0.1) is 6.20 Å². The third-order valence-corrected chi connectivity index (χ3v) is 3.54. The molecule has 0 amide bonds. The average molecular weight is 236 g/mol. The zero-order chi connectivity index (χ0) is 12.3. The highest BCUT2D eigenvalue weighted by Crippen LogP contribution is 2.20. The van der Waals surface area contributed by atoms with Gasteiger partial charge in [-0.15, -0.1) is 0 Å². The van der Waals surface area contributed by atoms with Gasteiger partial charge in [0.2, 0.25) is 0 Å². The van der Waals surface area contributed by atoms with E-state index in [0.717, 1.165) is 19.6 Å². The summed E-state index contributed by atoms with van der Waals surface area (Å²) in [6.45, 7) is 5.58. The van der Waals surface area contributed by atoms with Gasteiger partial charge < -0.3 is 10.2 Å². The lowest BCUT2D eigenvalue weighted by atomic mass is 9.90. The number of aryl methyl sites for hydroxylation is 1. The molecule has 0 radical (unpaired) electrons. The van der Waals surface area contributed by atoms with Crippen LogP contribution in [0.4, 0.5) is 0 Å². The lowest BCUT2D eigenvalue weighted by Crippen LogP contribution is -2.52. The van der Waals surface area contributed by atoms with Crippen molar-refractivity contribution in [1.29, 1.82) is 0 Å². The number of piperidine rings is 1. The lowest BCUT2D eigenvalue weighted by molar-refractivity contribution is 0.183. The Labute approximate surface area is 104 Å². The van der Waals surface area contributed by atoms with Crippen LogP contribution in [0.1, 0.15) is 31.7 Å². The number of hydrogen-bond acceptors (Lipinski definition) is 3. The van der Waals surface area contributed by atoms with Crippen molar-refractivity contribution < 1.29 is 0 Å². The molecule has 1 aromatic rings. The van der Waals surface area contributed by atoms with Crippen LogP contribution in [0.5, 0.6) is 0 Å². The maximum Gasteiger partial charge on any atom is 0.0534 e. The lowest BCUT2D eigenvalue weighted by Gasteiger charge is -2.38. The highest BCUT2D eigenvalue weighted by Gasteiger charge is 2.27. The molecule has 0 saturated carbocycles. The van der Waals surface area contributed by atoms with Gasteiger partial charge in [-0.25, -0.2) is 0 Å². The summed E-state index contributed by atoms with van der Waals surface area (Å²) in [5, 5.41) is 7.86. The summed E-state index contributed by atoms with van der Waals surface area (Å²) in [6.07, 6.45) is 8.00. The maximum atomic E-state index is 4.21. The van der Waals surface area contributed by atoms with Gasteiger partial charge in [-0.3, -0.25) is 4.68 Å². The number of nitrogens with one attached hydrogen (secondary N) is 1. The van der Waals surface area contributed by atoms with Gasteiger partial charge in [-0.05, 0) is 33.4 Å². The fourth-order valence-corrected chi connectivity index (χ4v) is 2.77. The van der Waals surface area contributed by atoms with Crippen molar-refractivity contribution in [2.45, 2.75) is 38.3 Å². The molecule has 1 N–H and O–H groups in total. The normalized spacial score (nSPS) is 25.4. The number of hydrogen-bond donors (Lipinski definition) is 1. The van der Waals surface area contributed by atoms with Crippen LogP contribution in [0.15, 0.2) is 12.4 Å². The summed E-state index contributed by atoms with van der Waals surface area (Å²) in [6, 6.07) is 0. The summed E-state index contributed by atoms with van der Waals surface area (Å²) in [7, 11) is 4.15. The van der Waals surface area contributed by atoms with Crippen LogP contribution in [-0.2, 0) is 13.6 Å². The van der Waals surface area contributed by atoms with Crippen LogP contribution >= 0.6 is 0 Å². The minimum absolute atomic E-state index is 0.287. The summed E-state index contributed by atoms with van der Waals surface area (Å²) in [5.74, 6) is 0. The van der Waals surface area contributed by atoms with Crippen molar-refractivity contribution in [2.24, 2.45) is 7.05 Å². The molecule has 0 aromatic carbocycles. The molecule has 1 unspecified atom stereocenters. The Morgan fingerprint density at radius 2 is 2.35 bits per heavy atom. The summed E-state index contributed by atoms with van der Waals surface area (Å²) < 4.78 is 1.86. The first-order valence-electron chi connectivity index (χ1n) is 6.48. The number of rotatable bonds is 4. The minimum atomic E-state index is 0.287. The van der Waals surface area contributed by atoms with Crippen molar-refractivity contribution in [2.75, 3.05) is 20.1 Å². The van der Waals surface area contributed by atoms with E-state index in [0.29, 0.717) is 0 Å². The molecule has 2 heterocycles. The van der Waals surface area contributed by atoms with E-state index < -0.39 is 0 Å². The second-order valence-electron chi connectivity index (χ2n) is 5.64. The van der Waals surface area contributed by atoms with Gasteiger partial charge in [0.15, 0.2) is 0 Å². The molecular formula is C13H24N4. The molecule has 4 nitrogen and oxygen atoms in total. The average Bonchev–Trinajstić information content (AvgIpc) is 2.63. The third-order valence-electron chi connectivity index (χ3n) is 3.54. The Hall–Kier alpha value is -0.870. The highest BCUT2D eigenvalue weighted by atomic mass is 15.2. The maximum absolute atomic E-state index is 4.21. The molecule has 1 saturated heterocycles. The zero-order valence-corrected chi connectivity index (χ0v) is 11.2. The Morgan fingerprint density at radius 3 is 2.94 bits per heavy atom. The third kappa shape index (κ3) is 3.54. The van der Waals surface area contributed by atoms with Crippen LogP contribution in [0.3, 0.4) is 0 Å². The second kappa shape index (κ2) is 5.19. The van der Waals surface area contributed by atoms with E-state index in [1.165, 1.54) is 24.8 Å². The fourth-order valence-electron chi connectivity index (χ4n) is 2.77. The molecule has 2 rings (SSSR count). The molecular weight excluding hydrogens is 212 g/mol. The summed E-state index contributed by atoms with van der Waals surface area (Å²) >= 11 is 0. The van der Waals surface area contributed by atoms with Gasteiger partial charge in [0, 0.05) is 37.4 Å². The van der Waals surface area contributed by atoms with Crippen molar-refractivity contribution in [1.82, 2.24) is 20.0 Å². The van der Waals surface area contributed by atoms with Gasteiger partial charge in [0.25, 0.3) is 0 Å². The van der Waals surface area contributed by atoms with Gasteiger partial charge in [-0.2, -0.15) is 5.10 Å². The van der Waals surface area contributed by atoms with Crippen LogP contribution in [0, 0.1) is 0 Å². The molecule has 1 aliphatic rings. The van der Waals surface area contributed by atoms with E-state index in [1.807, 2.05) is 17.9 Å². The van der Waals surface area contributed by atoms with E-state index in [1.54, 1.807) is 0 Å². The molecule has 0 aliphatic carbocycles. The summed E-state index contributed by atoms with van der Waals surface area (Å²) in [5.41, 5.74) is 1.57. The largest absolute Gasteiger partial charge is 0.310 e. The second-order valence-corrected chi connectivity index (χ2v) is 5.64. The quantitative estimate of drug-likeness (QED) is 0.857. The molecule has 1 fully saturated rings. The van der Waals surface area contributed by atoms with Crippen molar-refractivity contribution >= 4 is 0 Å². The van der Waals surface area contributed by atoms with E-state index >= 15 is 0 Å². The van der Waals surface area contributed by atoms with E-state index in [-0.39, 0.29) is 5.54 Å². The van der Waals surface area contributed by atoms with Crippen LogP contribution in [0.2, 0.25) is 0 Å². The first-order valence-corrected chi connectivity index (χ1v) is 6.48. The van der Waals surface area contributed by atoms with E-state index in [9.17, 15) is 0 Å². The van der Waals surface area contributed by atoms with Crippen LogP contribution in [0.25, 0.3) is 0 Å². The minimum Gasteiger partial charge on any atom is -0.310 e. The molecule has 0 bridgehead atoms.